The molecule has 1 unspecified atom stereocenters. The Morgan fingerprint density at radius 2 is 2.00 bits per heavy atom. The Morgan fingerprint density at radius 1 is 1.15 bits per heavy atom. The van der Waals surface area contributed by atoms with Gasteiger partial charge in [-0.1, -0.05) is 35.3 Å². The lowest BCUT2D eigenvalue weighted by Crippen LogP contribution is -2.45. The molecule has 26 heavy (non-hydrogen) atoms. The van der Waals surface area contributed by atoms with E-state index in [1.807, 2.05) is 29.7 Å². The second-order valence-corrected chi connectivity index (χ2v) is 6.93. The summed E-state index contributed by atoms with van der Waals surface area (Å²) in [5.74, 6) is 1.26. The van der Waals surface area contributed by atoms with Crippen LogP contribution in [-0.4, -0.2) is 36.6 Å². The normalized spacial score (nSPS) is 16.4. The highest BCUT2D eigenvalue weighted by Gasteiger charge is 2.32. The highest BCUT2D eigenvalue weighted by atomic mass is 35.5. The van der Waals surface area contributed by atoms with Gasteiger partial charge in [-0.3, -0.25) is 9.78 Å². The first-order valence-corrected chi connectivity index (χ1v) is 8.90. The van der Waals surface area contributed by atoms with Crippen LogP contribution in [0.3, 0.4) is 0 Å². The Kier molecular flexibility index (Phi) is 4.38. The topological polar surface area (TPSA) is 63.9 Å². The van der Waals surface area contributed by atoms with Crippen molar-refractivity contribution < 1.29 is 4.79 Å². The third-order valence-electron chi connectivity index (χ3n) is 4.45. The van der Waals surface area contributed by atoms with Gasteiger partial charge in [-0.15, -0.1) is 10.2 Å². The van der Waals surface area contributed by atoms with Gasteiger partial charge in [0.1, 0.15) is 5.69 Å². The van der Waals surface area contributed by atoms with Crippen molar-refractivity contribution >= 4 is 29.1 Å². The number of hydrogen-bond acceptors (Lipinski definition) is 4. The van der Waals surface area contributed by atoms with Crippen molar-refractivity contribution in [3.05, 3.63) is 64.0 Å². The number of amides is 1. The zero-order valence-corrected chi connectivity index (χ0v) is 15.4. The van der Waals surface area contributed by atoms with Crippen molar-refractivity contribution in [2.24, 2.45) is 0 Å². The van der Waals surface area contributed by atoms with Gasteiger partial charge in [0.15, 0.2) is 11.6 Å². The van der Waals surface area contributed by atoms with Crippen LogP contribution in [0.4, 0.5) is 0 Å². The van der Waals surface area contributed by atoms with E-state index in [9.17, 15) is 4.79 Å². The molecule has 3 aromatic rings. The van der Waals surface area contributed by atoms with Crippen LogP contribution in [0.15, 0.2) is 42.6 Å². The summed E-state index contributed by atoms with van der Waals surface area (Å²) in [7, 11) is 0. The maximum Gasteiger partial charge on any atom is 0.256 e. The molecule has 0 spiro atoms. The Hall–Kier alpha value is -2.44. The smallest absolute Gasteiger partial charge is 0.256 e. The Bertz CT molecular complexity index is 973. The number of carbonyl (C=O) groups excluding carboxylic acids is 1. The monoisotopic (exact) mass is 387 g/mol. The van der Waals surface area contributed by atoms with Crippen LogP contribution >= 0.6 is 23.2 Å². The number of carbonyl (C=O) groups is 1. The van der Waals surface area contributed by atoms with E-state index >= 15 is 0 Å². The maximum absolute atomic E-state index is 13.0. The molecule has 1 amide bonds. The van der Waals surface area contributed by atoms with Gasteiger partial charge in [0.05, 0.1) is 22.2 Å². The van der Waals surface area contributed by atoms with E-state index in [1.165, 1.54) is 0 Å². The molecule has 2 aromatic heterocycles. The number of pyridine rings is 1. The molecular formula is C18H15Cl2N5O. The number of nitrogens with zero attached hydrogens (tertiary/aromatic N) is 5. The molecule has 0 radical (unpaired) electrons. The first-order chi connectivity index (χ1) is 12.6. The largest absolute Gasteiger partial charge is 0.327 e. The van der Waals surface area contributed by atoms with Gasteiger partial charge in [-0.05, 0) is 31.2 Å². The summed E-state index contributed by atoms with van der Waals surface area (Å²) in [6, 6.07) is 10.7. The quantitative estimate of drug-likeness (QED) is 0.672. The number of hydrogen-bond donors (Lipinski definition) is 0. The highest BCUT2D eigenvalue weighted by molar-refractivity contribution is 6.43. The number of halogens is 2. The fraction of sp³-hybridized carbons (Fsp3) is 0.222. The molecule has 4 rings (SSSR count). The molecule has 0 bridgehead atoms. The summed E-state index contributed by atoms with van der Waals surface area (Å²) >= 11 is 12.3. The lowest BCUT2D eigenvalue weighted by Gasteiger charge is -2.34. The van der Waals surface area contributed by atoms with Crippen LogP contribution in [0.5, 0.6) is 0 Å². The number of fused-ring (bicyclic) bond motifs is 1. The Balaban J connectivity index is 1.66. The van der Waals surface area contributed by atoms with Crippen LogP contribution in [0.2, 0.25) is 10.0 Å². The summed E-state index contributed by atoms with van der Waals surface area (Å²) < 4.78 is 2.01. The number of rotatable bonds is 2. The molecule has 0 saturated heterocycles. The molecule has 132 valence electrons. The van der Waals surface area contributed by atoms with Crippen molar-refractivity contribution in [2.45, 2.75) is 26.1 Å². The van der Waals surface area contributed by atoms with Crippen LogP contribution in [0.25, 0.3) is 11.5 Å². The standard InChI is InChI=1S/C18H15Cl2N5O/c1-11-9-25-15(22-23-17(25)14-7-2-3-8-21-14)10-24(11)18(26)12-5-4-6-13(19)16(12)20/h2-8,11H,9-10H2,1H3. The first kappa shape index (κ1) is 17.0. The molecule has 1 aliphatic heterocycles. The Morgan fingerprint density at radius 3 is 2.77 bits per heavy atom. The van der Waals surface area contributed by atoms with Gasteiger partial charge in [0, 0.05) is 18.8 Å². The maximum atomic E-state index is 13.0. The van der Waals surface area contributed by atoms with E-state index < -0.39 is 0 Å². The van der Waals surface area contributed by atoms with Crippen molar-refractivity contribution in [3.8, 4) is 11.5 Å². The fourth-order valence-electron chi connectivity index (χ4n) is 3.10. The lowest BCUT2D eigenvalue weighted by molar-refractivity contribution is 0.0612. The van der Waals surface area contributed by atoms with E-state index in [1.54, 1.807) is 29.3 Å². The zero-order valence-electron chi connectivity index (χ0n) is 13.9. The van der Waals surface area contributed by atoms with Gasteiger partial charge >= 0.3 is 0 Å². The van der Waals surface area contributed by atoms with Crippen molar-refractivity contribution in [2.75, 3.05) is 0 Å². The van der Waals surface area contributed by atoms with E-state index in [0.717, 1.165) is 11.5 Å². The minimum Gasteiger partial charge on any atom is -0.327 e. The van der Waals surface area contributed by atoms with E-state index in [0.29, 0.717) is 29.5 Å². The molecule has 6 nitrogen and oxygen atoms in total. The zero-order chi connectivity index (χ0) is 18.3. The fourth-order valence-corrected chi connectivity index (χ4v) is 3.48. The van der Waals surface area contributed by atoms with Crippen LogP contribution in [0.1, 0.15) is 23.1 Å². The summed E-state index contributed by atoms with van der Waals surface area (Å²) in [4.78, 5) is 19.1. The summed E-state index contributed by atoms with van der Waals surface area (Å²) in [6.07, 6.45) is 1.72. The molecule has 3 heterocycles. The summed E-state index contributed by atoms with van der Waals surface area (Å²) in [6.45, 7) is 2.92. The summed E-state index contributed by atoms with van der Waals surface area (Å²) in [5.41, 5.74) is 1.15. The van der Waals surface area contributed by atoms with E-state index in [-0.39, 0.29) is 17.0 Å². The van der Waals surface area contributed by atoms with Crippen LogP contribution in [-0.2, 0) is 13.1 Å². The molecule has 0 N–H and O–H groups in total. The summed E-state index contributed by atoms with van der Waals surface area (Å²) in [5, 5.41) is 9.15. The number of aromatic nitrogens is 4. The van der Waals surface area contributed by atoms with E-state index in [4.69, 9.17) is 23.2 Å². The third kappa shape index (κ3) is 2.85. The molecular weight excluding hydrogens is 373 g/mol. The predicted molar refractivity (Wildman–Crippen MR) is 99.1 cm³/mol. The highest BCUT2D eigenvalue weighted by Crippen LogP contribution is 2.29. The van der Waals surface area contributed by atoms with Gasteiger partial charge in [-0.25, -0.2) is 0 Å². The molecule has 0 saturated carbocycles. The molecule has 0 fully saturated rings. The first-order valence-electron chi connectivity index (χ1n) is 8.14. The minimum atomic E-state index is -0.168. The van der Waals surface area contributed by atoms with Gasteiger partial charge in [0.2, 0.25) is 0 Å². The van der Waals surface area contributed by atoms with Crippen LogP contribution < -0.4 is 0 Å². The molecule has 1 aliphatic rings. The third-order valence-corrected chi connectivity index (χ3v) is 5.27. The van der Waals surface area contributed by atoms with Crippen molar-refractivity contribution in [3.63, 3.8) is 0 Å². The molecule has 0 aliphatic carbocycles. The van der Waals surface area contributed by atoms with Gasteiger partial charge in [0.25, 0.3) is 5.91 Å². The second-order valence-electron chi connectivity index (χ2n) is 6.15. The molecule has 1 atom stereocenters. The minimum absolute atomic E-state index is 0.0523. The second kappa shape index (κ2) is 6.70. The van der Waals surface area contributed by atoms with Crippen molar-refractivity contribution in [1.29, 1.82) is 0 Å². The van der Waals surface area contributed by atoms with Crippen molar-refractivity contribution in [1.82, 2.24) is 24.6 Å². The average Bonchev–Trinajstić information content (AvgIpc) is 3.06. The average molecular weight is 388 g/mol. The van der Waals surface area contributed by atoms with E-state index in [2.05, 4.69) is 15.2 Å². The Labute approximate surface area is 160 Å². The molecule has 8 heteroatoms. The SMILES string of the molecule is CC1Cn2c(nnc2-c2ccccn2)CN1C(=O)c1cccc(Cl)c1Cl. The predicted octanol–water partition coefficient (Wildman–Crippen LogP) is 3.69. The van der Waals surface area contributed by atoms with Gasteiger partial charge in [-0.2, -0.15) is 0 Å². The molecule has 1 aromatic carbocycles. The lowest BCUT2D eigenvalue weighted by atomic mass is 10.1. The number of benzene rings is 1. The van der Waals surface area contributed by atoms with Crippen LogP contribution in [0, 0.1) is 0 Å². The van der Waals surface area contributed by atoms with Gasteiger partial charge < -0.3 is 9.47 Å².